The maximum absolute atomic E-state index is 11.0. The second kappa shape index (κ2) is 4.70. The van der Waals surface area contributed by atoms with E-state index in [-0.39, 0.29) is 5.69 Å². The number of hydrogen-bond acceptors (Lipinski definition) is 4. The lowest BCUT2D eigenvalue weighted by molar-refractivity contribution is 0.0692. The number of fused-ring (bicyclic) bond motifs is 1. The molecule has 1 aromatic heterocycles. The van der Waals surface area contributed by atoms with Gasteiger partial charge in [0.1, 0.15) is 5.00 Å². The van der Waals surface area contributed by atoms with E-state index >= 15 is 0 Å². The van der Waals surface area contributed by atoms with Crippen LogP contribution in [-0.4, -0.2) is 16.1 Å². The largest absolute Gasteiger partial charge is 0.476 e. The number of rotatable bonds is 3. The Balaban J connectivity index is 2.06. The third-order valence-corrected chi connectivity index (χ3v) is 3.55. The summed E-state index contributed by atoms with van der Waals surface area (Å²) in [5, 5.41) is 14.9. The molecule has 0 bridgehead atoms. The van der Waals surface area contributed by atoms with Gasteiger partial charge in [-0.2, -0.15) is 0 Å². The lowest BCUT2D eigenvalue weighted by Crippen LogP contribution is -2.01. The second-order valence-corrected chi connectivity index (χ2v) is 4.84. The van der Waals surface area contributed by atoms with Crippen LogP contribution in [0.15, 0.2) is 48.0 Å². The van der Waals surface area contributed by atoms with Gasteiger partial charge in [-0.25, -0.2) is 9.78 Å². The Morgan fingerprint density at radius 2 is 1.95 bits per heavy atom. The summed E-state index contributed by atoms with van der Waals surface area (Å²) in [5.41, 5.74) is 2.46. The van der Waals surface area contributed by atoms with Gasteiger partial charge in [0.05, 0.1) is 5.51 Å². The molecule has 3 aromatic rings. The third-order valence-electron chi connectivity index (χ3n) is 2.81. The average Bonchev–Trinajstić information content (AvgIpc) is 2.87. The first kappa shape index (κ1) is 11.7. The number of thiazole rings is 1. The molecular formula is C14H10N2O2S. The first-order valence-corrected chi connectivity index (χ1v) is 6.55. The molecule has 94 valence electrons. The Morgan fingerprint density at radius 1 is 1.16 bits per heavy atom. The fourth-order valence-corrected chi connectivity index (χ4v) is 2.63. The van der Waals surface area contributed by atoms with Gasteiger partial charge in [-0.15, -0.1) is 11.3 Å². The van der Waals surface area contributed by atoms with Crippen molar-refractivity contribution in [2.24, 2.45) is 0 Å². The minimum Gasteiger partial charge on any atom is -0.476 e. The second-order valence-electron chi connectivity index (χ2n) is 3.99. The quantitative estimate of drug-likeness (QED) is 0.761. The summed E-state index contributed by atoms with van der Waals surface area (Å²) in [4.78, 5) is 14.9. The number of aromatic carboxylic acids is 1. The molecule has 0 aliphatic rings. The molecule has 2 N–H and O–H groups in total. The maximum Gasteiger partial charge on any atom is 0.357 e. The van der Waals surface area contributed by atoms with Crippen molar-refractivity contribution in [3.8, 4) is 0 Å². The molecule has 0 saturated carbocycles. The summed E-state index contributed by atoms with van der Waals surface area (Å²) in [5.74, 6) is -1.02. The maximum atomic E-state index is 11.0. The average molecular weight is 270 g/mol. The molecule has 0 unspecified atom stereocenters. The van der Waals surface area contributed by atoms with E-state index in [1.807, 2.05) is 42.5 Å². The van der Waals surface area contributed by atoms with Crippen molar-refractivity contribution in [3.63, 3.8) is 0 Å². The molecule has 0 aliphatic carbocycles. The number of carboxylic acids is 1. The van der Waals surface area contributed by atoms with Gasteiger partial charge in [-0.1, -0.05) is 36.4 Å². The summed E-state index contributed by atoms with van der Waals surface area (Å²) in [7, 11) is 0. The number of nitrogens with zero attached hydrogens (tertiary/aromatic N) is 1. The minimum atomic E-state index is -1.02. The predicted molar refractivity (Wildman–Crippen MR) is 76.3 cm³/mol. The molecule has 2 aromatic carbocycles. The van der Waals surface area contributed by atoms with E-state index < -0.39 is 5.97 Å². The van der Waals surface area contributed by atoms with Crippen LogP contribution in [0, 0.1) is 0 Å². The van der Waals surface area contributed by atoms with Crippen LogP contribution in [0.25, 0.3) is 10.8 Å². The van der Waals surface area contributed by atoms with E-state index in [4.69, 9.17) is 5.11 Å². The summed E-state index contributed by atoms with van der Waals surface area (Å²) >= 11 is 1.28. The number of anilines is 2. The van der Waals surface area contributed by atoms with Crippen molar-refractivity contribution in [1.82, 2.24) is 4.98 Å². The van der Waals surface area contributed by atoms with E-state index in [1.165, 1.54) is 16.8 Å². The third kappa shape index (κ3) is 2.15. The van der Waals surface area contributed by atoms with Crippen LogP contribution in [0.1, 0.15) is 10.5 Å². The number of nitrogens with one attached hydrogen (secondary N) is 1. The van der Waals surface area contributed by atoms with Crippen LogP contribution >= 0.6 is 11.3 Å². The van der Waals surface area contributed by atoms with Gasteiger partial charge < -0.3 is 10.4 Å². The zero-order chi connectivity index (χ0) is 13.2. The van der Waals surface area contributed by atoms with E-state index in [9.17, 15) is 4.79 Å². The van der Waals surface area contributed by atoms with E-state index in [2.05, 4.69) is 10.3 Å². The molecule has 0 aliphatic heterocycles. The molecule has 19 heavy (non-hydrogen) atoms. The highest BCUT2D eigenvalue weighted by Gasteiger charge is 2.14. The highest BCUT2D eigenvalue weighted by Crippen LogP contribution is 2.29. The molecular weight excluding hydrogens is 260 g/mol. The Bertz CT molecular complexity index is 747. The number of hydrogen-bond donors (Lipinski definition) is 2. The molecule has 1 heterocycles. The zero-order valence-electron chi connectivity index (χ0n) is 9.83. The zero-order valence-corrected chi connectivity index (χ0v) is 10.6. The van der Waals surface area contributed by atoms with Crippen LogP contribution in [-0.2, 0) is 0 Å². The lowest BCUT2D eigenvalue weighted by atomic mass is 10.1. The highest BCUT2D eigenvalue weighted by atomic mass is 32.1. The molecule has 0 atom stereocenters. The van der Waals surface area contributed by atoms with Gasteiger partial charge in [0.25, 0.3) is 0 Å². The fraction of sp³-hybridized carbons (Fsp3) is 0. The Labute approximate surface area is 113 Å². The summed E-state index contributed by atoms with van der Waals surface area (Å²) in [6.07, 6.45) is 0. The normalized spacial score (nSPS) is 10.5. The Morgan fingerprint density at radius 3 is 2.79 bits per heavy atom. The number of carboxylic acid groups (broad SMARTS) is 1. The van der Waals surface area contributed by atoms with Gasteiger partial charge in [0.2, 0.25) is 0 Å². The molecule has 5 heteroatoms. The Hall–Kier alpha value is -2.40. The van der Waals surface area contributed by atoms with Crippen molar-refractivity contribution in [2.45, 2.75) is 0 Å². The lowest BCUT2D eigenvalue weighted by Gasteiger charge is -2.08. The van der Waals surface area contributed by atoms with Crippen molar-refractivity contribution in [1.29, 1.82) is 0 Å². The first-order valence-electron chi connectivity index (χ1n) is 5.67. The molecule has 3 rings (SSSR count). The first-order chi connectivity index (χ1) is 9.25. The minimum absolute atomic E-state index is 0.0536. The standard InChI is InChI=1S/C14H10N2O2S/c17-14(18)12-13(19-8-15-12)16-11-7-3-5-9-4-1-2-6-10(9)11/h1-8,16H,(H,17,18). The van der Waals surface area contributed by atoms with Gasteiger partial charge in [0, 0.05) is 11.1 Å². The van der Waals surface area contributed by atoms with E-state index in [0.29, 0.717) is 5.00 Å². The van der Waals surface area contributed by atoms with Crippen molar-refractivity contribution in [3.05, 3.63) is 53.7 Å². The summed E-state index contributed by atoms with van der Waals surface area (Å²) < 4.78 is 0. The smallest absolute Gasteiger partial charge is 0.357 e. The number of carbonyl (C=O) groups is 1. The Kier molecular flexibility index (Phi) is 2.89. The van der Waals surface area contributed by atoms with Crippen LogP contribution < -0.4 is 5.32 Å². The molecule has 0 amide bonds. The van der Waals surface area contributed by atoms with Gasteiger partial charge in [-0.05, 0) is 11.5 Å². The molecule has 0 saturated heterocycles. The topological polar surface area (TPSA) is 62.2 Å². The number of benzene rings is 2. The molecule has 0 fully saturated rings. The number of aromatic nitrogens is 1. The molecule has 4 nitrogen and oxygen atoms in total. The predicted octanol–water partition coefficient (Wildman–Crippen LogP) is 3.74. The SMILES string of the molecule is O=C(O)c1ncsc1Nc1cccc2ccccc12. The summed E-state index contributed by atoms with van der Waals surface area (Å²) in [6, 6.07) is 13.8. The summed E-state index contributed by atoms with van der Waals surface area (Å²) in [6.45, 7) is 0. The van der Waals surface area contributed by atoms with Crippen LogP contribution in [0.4, 0.5) is 10.7 Å². The van der Waals surface area contributed by atoms with Gasteiger partial charge in [-0.3, -0.25) is 0 Å². The van der Waals surface area contributed by atoms with Crippen LogP contribution in [0.3, 0.4) is 0 Å². The highest BCUT2D eigenvalue weighted by molar-refractivity contribution is 7.14. The monoisotopic (exact) mass is 270 g/mol. The van der Waals surface area contributed by atoms with Gasteiger partial charge >= 0.3 is 5.97 Å². The molecule has 0 spiro atoms. The van der Waals surface area contributed by atoms with Crippen molar-refractivity contribution in [2.75, 3.05) is 5.32 Å². The van der Waals surface area contributed by atoms with Crippen LogP contribution in [0.5, 0.6) is 0 Å². The van der Waals surface area contributed by atoms with Crippen molar-refractivity contribution >= 4 is 38.8 Å². The van der Waals surface area contributed by atoms with Crippen molar-refractivity contribution < 1.29 is 9.90 Å². The van der Waals surface area contributed by atoms with Gasteiger partial charge in [0.15, 0.2) is 5.69 Å². The van der Waals surface area contributed by atoms with E-state index in [0.717, 1.165) is 16.5 Å². The molecule has 0 radical (unpaired) electrons. The van der Waals surface area contributed by atoms with Crippen LogP contribution in [0.2, 0.25) is 0 Å². The van der Waals surface area contributed by atoms with E-state index in [1.54, 1.807) is 0 Å². The fourth-order valence-electron chi connectivity index (χ4n) is 1.94.